The number of methoxy groups -OCH3 is 3. The van der Waals surface area contributed by atoms with Crippen LogP contribution in [0.1, 0.15) is 29.6 Å². The summed E-state index contributed by atoms with van der Waals surface area (Å²) in [5.41, 5.74) is 1.95. The first-order valence-corrected chi connectivity index (χ1v) is 9.45. The zero-order valence-corrected chi connectivity index (χ0v) is 16.8. The molecule has 30 heavy (non-hydrogen) atoms. The van der Waals surface area contributed by atoms with Crippen LogP contribution in [0.5, 0.6) is 28.7 Å². The lowest BCUT2D eigenvalue weighted by Crippen LogP contribution is -2.28. The Bertz CT molecular complexity index is 1090. The topological polar surface area (TPSA) is 102 Å². The molecular formula is C20H21N5O5. The first-order valence-electron chi connectivity index (χ1n) is 9.45. The maximum atomic E-state index is 5.66. The van der Waals surface area contributed by atoms with Crippen molar-refractivity contribution in [3.8, 4) is 28.7 Å². The van der Waals surface area contributed by atoms with Crippen LogP contribution in [-0.2, 0) is 0 Å². The maximum Gasteiger partial charge on any atom is 0.243 e. The van der Waals surface area contributed by atoms with Crippen LogP contribution in [0.25, 0.3) is 0 Å². The highest BCUT2D eigenvalue weighted by atomic mass is 16.7. The highest BCUT2D eigenvalue weighted by Gasteiger charge is 2.34. The van der Waals surface area contributed by atoms with E-state index in [-0.39, 0.29) is 18.9 Å². The van der Waals surface area contributed by atoms with Gasteiger partial charge in [0.15, 0.2) is 23.0 Å². The SMILES string of the molecule is COc1cc(OC)c([C@H]2C[C@H](c3ccc4c(c3)OCO4)Nc3nnnn32)cc1OC. The van der Waals surface area contributed by atoms with E-state index in [2.05, 4.69) is 20.8 Å². The Hall–Kier alpha value is -3.69. The van der Waals surface area contributed by atoms with Gasteiger partial charge in [0.2, 0.25) is 12.7 Å². The van der Waals surface area contributed by atoms with Gasteiger partial charge in [0.1, 0.15) is 5.75 Å². The third kappa shape index (κ3) is 2.92. The zero-order chi connectivity index (χ0) is 20.7. The number of nitrogens with one attached hydrogen (secondary N) is 1. The van der Waals surface area contributed by atoms with Gasteiger partial charge in [0, 0.05) is 11.6 Å². The lowest BCUT2D eigenvalue weighted by Gasteiger charge is -2.32. The fourth-order valence-electron chi connectivity index (χ4n) is 3.96. The van der Waals surface area contributed by atoms with Crippen molar-refractivity contribution in [1.82, 2.24) is 20.2 Å². The van der Waals surface area contributed by atoms with Crippen molar-refractivity contribution in [2.75, 3.05) is 33.4 Å². The number of aromatic nitrogens is 4. The summed E-state index contributed by atoms with van der Waals surface area (Å²) in [6.45, 7) is 0.237. The van der Waals surface area contributed by atoms with Crippen LogP contribution < -0.4 is 29.0 Å². The fourth-order valence-corrected chi connectivity index (χ4v) is 3.96. The molecule has 2 aromatic carbocycles. The summed E-state index contributed by atoms with van der Waals surface area (Å²) in [5.74, 6) is 3.94. The van der Waals surface area contributed by atoms with Crippen LogP contribution in [0.3, 0.4) is 0 Å². The minimum absolute atomic E-state index is 0.0409. The zero-order valence-electron chi connectivity index (χ0n) is 16.8. The first kappa shape index (κ1) is 18.3. The van der Waals surface area contributed by atoms with Crippen LogP contribution >= 0.6 is 0 Å². The number of benzene rings is 2. The van der Waals surface area contributed by atoms with Gasteiger partial charge in [0.05, 0.1) is 33.4 Å². The Morgan fingerprint density at radius 1 is 0.967 bits per heavy atom. The molecule has 5 rings (SSSR count). The van der Waals surface area contributed by atoms with Gasteiger partial charge in [-0.3, -0.25) is 0 Å². The van der Waals surface area contributed by atoms with Crippen LogP contribution in [0, 0.1) is 0 Å². The molecule has 0 unspecified atom stereocenters. The summed E-state index contributed by atoms with van der Waals surface area (Å²) in [6, 6.07) is 9.44. The van der Waals surface area contributed by atoms with E-state index in [0.29, 0.717) is 29.6 Å². The molecule has 2 aliphatic rings. The van der Waals surface area contributed by atoms with E-state index in [1.54, 1.807) is 26.0 Å². The summed E-state index contributed by atoms with van der Waals surface area (Å²) < 4.78 is 29.3. The van der Waals surface area contributed by atoms with Gasteiger partial charge in [-0.15, -0.1) is 0 Å². The van der Waals surface area contributed by atoms with E-state index in [1.807, 2.05) is 30.3 Å². The number of anilines is 1. The molecule has 0 amide bonds. The van der Waals surface area contributed by atoms with Gasteiger partial charge in [0.25, 0.3) is 0 Å². The molecule has 3 aromatic rings. The molecule has 0 aliphatic carbocycles. The van der Waals surface area contributed by atoms with Gasteiger partial charge < -0.3 is 29.0 Å². The van der Waals surface area contributed by atoms with Crippen LogP contribution in [0.4, 0.5) is 5.95 Å². The lowest BCUT2D eigenvalue weighted by molar-refractivity contribution is 0.174. The summed E-state index contributed by atoms with van der Waals surface area (Å²) in [4.78, 5) is 0. The number of hydrogen-bond acceptors (Lipinski definition) is 9. The Balaban J connectivity index is 1.57. The van der Waals surface area contributed by atoms with Crippen molar-refractivity contribution in [2.45, 2.75) is 18.5 Å². The van der Waals surface area contributed by atoms with E-state index in [4.69, 9.17) is 23.7 Å². The van der Waals surface area contributed by atoms with Gasteiger partial charge in [-0.1, -0.05) is 11.2 Å². The third-order valence-electron chi connectivity index (χ3n) is 5.44. The van der Waals surface area contributed by atoms with Crippen molar-refractivity contribution >= 4 is 5.95 Å². The quantitative estimate of drug-likeness (QED) is 0.679. The molecular weight excluding hydrogens is 390 g/mol. The van der Waals surface area contributed by atoms with Crippen molar-refractivity contribution in [3.63, 3.8) is 0 Å². The number of ether oxygens (including phenoxy) is 5. The Labute approximate surface area is 172 Å². The highest BCUT2D eigenvalue weighted by molar-refractivity contribution is 5.53. The Morgan fingerprint density at radius 2 is 1.73 bits per heavy atom. The van der Waals surface area contributed by atoms with E-state index in [1.165, 1.54) is 0 Å². The third-order valence-corrected chi connectivity index (χ3v) is 5.44. The number of tetrazole rings is 1. The largest absolute Gasteiger partial charge is 0.496 e. The van der Waals surface area contributed by atoms with E-state index < -0.39 is 0 Å². The van der Waals surface area contributed by atoms with Crippen LogP contribution in [0.15, 0.2) is 30.3 Å². The molecule has 10 heteroatoms. The highest BCUT2D eigenvalue weighted by Crippen LogP contribution is 2.45. The van der Waals surface area contributed by atoms with Crippen LogP contribution in [-0.4, -0.2) is 48.3 Å². The summed E-state index contributed by atoms with van der Waals surface area (Å²) in [6.07, 6.45) is 0.684. The molecule has 2 aliphatic heterocycles. The predicted octanol–water partition coefficient (Wildman–Crippen LogP) is 2.57. The monoisotopic (exact) mass is 411 g/mol. The van der Waals surface area contributed by atoms with Gasteiger partial charge in [-0.25, -0.2) is 4.68 Å². The lowest BCUT2D eigenvalue weighted by atomic mass is 9.92. The van der Waals surface area contributed by atoms with Crippen LogP contribution in [0.2, 0.25) is 0 Å². The van der Waals surface area contributed by atoms with Gasteiger partial charge >= 0.3 is 0 Å². The number of hydrogen-bond donors (Lipinski definition) is 1. The van der Waals surface area contributed by atoms with E-state index in [9.17, 15) is 0 Å². The Kier molecular flexibility index (Phi) is 4.46. The smallest absolute Gasteiger partial charge is 0.243 e. The molecule has 0 saturated heterocycles. The van der Waals surface area contributed by atoms with Gasteiger partial charge in [-0.2, -0.15) is 0 Å². The normalized spacial score (nSPS) is 19.0. The molecule has 0 spiro atoms. The molecule has 1 N–H and O–H groups in total. The summed E-state index contributed by atoms with van der Waals surface area (Å²) >= 11 is 0. The fraction of sp³-hybridized carbons (Fsp3) is 0.350. The molecule has 10 nitrogen and oxygen atoms in total. The van der Waals surface area contributed by atoms with E-state index >= 15 is 0 Å². The average molecular weight is 411 g/mol. The van der Waals surface area contributed by atoms with Gasteiger partial charge in [-0.05, 0) is 40.6 Å². The summed E-state index contributed by atoms with van der Waals surface area (Å²) in [5, 5.41) is 15.6. The Morgan fingerprint density at radius 3 is 2.53 bits per heavy atom. The predicted molar refractivity (Wildman–Crippen MR) is 106 cm³/mol. The molecule has 2 atom stereocenters. The summed E-state index contributed by atoms with van der Waals surface area (Å²) in [7, 11) is 4.83. The average Bonchev–Trinajstić information content (AvgIpc) is 3.46. The molecule has 0 radical (unpaired) electrons. The van der Waals surface area contributed by atoms with E-state index in [0.717, 1.165) is 22.6 Å². The second-order valence-electron chi connectivity index (χ2n) is 6.96. The molecule has 0 bridgehead atoms. The number of fused-ring (bicyclic) bond motifs is 2. The maximum absolute atomic E-state index is 5.66. The van der Waals surface area contributed by atoms with Crippen molar-refractivity contribution in [3.05, 3.63) is 41.5 Å². The molecule has 156 valence electrons. The van der Waals surface area contributed by atoms with Crippen molar-refractivity contribution in [2.24, 2.45) is 0 Å². The van der Waals surface area contributed by atoms with Crippen molar-refractivity contribution in [1.29, 1.82) is 0 Å². The standard InChI is InChI=1S/C20H21N5O5/c1-26-16-9-18(28-3)17(27-2)7-12(16)14-8-13(21-20-22-23-24-25(14)20)11-4-5-15-19(6-11)30-10-29-15/h4-7,9,13-14H,8,10H2,1-3H3,(H,21,22,24)/t13-,14-/m1/s1. The molecule has 0 saturated carbocycles. The molecule has 1 aromatic heterocycles. The molecule has 0 fully saturated rings. The first-order chi connectivity index (χ1) is 14.7. The number of nitrogens with zero attached hydrogens (tertiary/aromatic N) is 4. The minimum Gasteiger partial charge on any atom is -0.496 e. The second kappa shape index (κ2) is 7.29. The van der Waals surface area contributed by atoms with Crippen molar-refractivity contribution < 1.29 is 23.7 Å². The minimum atomic E-state index is -0.179. The number of rotatable bonds is 5. The molecule has 3 heterocycles. The second-order valence-corrected chi connectivity index (χ2v) is 6.96.